The van der Waals surface area contributed by atoms with E-state index < -0.39 is 0 Å². The minimum absolute atomic E-state index is 0.196. The Balaban J connectivity index is 1.87. The van der Waals surface area contributed by atoms with Gasteiger partial charge in [-0.05, 0) is 38.5 Å². The van der Waals surface area contributed by atoms with Gasteiger partial charge in [-0.25, -0.2) is 9.97 Å². The normalized spacial score (nSPS) is 11.7. The van der Waals surface area contributed by atoms with Gasteiger partial charge in [0.15, 0.2) is 5.13 Å². The second-order valence-electron chi connectivity index (χ2n) is 7.88. The van der Waals surface area contributed by atoms with Crippen molar-refractivity contribution >= 4 is 50.9 Å². The van der Waals surface area contributed by atoms with E-state index in [0.717, 1.165) is 42.5 Å². The quantitative estimate of drug-likeness (QED) is 0.483. The molecule has 7 heteroatoms. The van der Waals surface area contributed by atoms with Crippen LogP contribution in [0.5, 0.6) is 0 Å². The largest absolute Gasteiger partial charge is 0.331 e. The lowest BCUT2D eigenvalue weighted by Gasteiger charge is -2.15. The van der Waals surface area contributed by atoms with Crippen LogP contribution in [0.15, 0.2) is 18.2 Å². The van der Waals surface area contributed by atoms with Crippen LogP contribution in [0.3, 0.4) is 0 Å². The van der Waals surface area contributed by atoms with Crippen molar-refractivity contribution in [2.45, 2.75) is 48.0 Å². The van der Waals surface area contributed by atoms with E-state index in [1.54, 1.807) is 22.7 Å². The molecule has 0 radical (unpaired) electrons. The highest BCUT2D eigenvalue weighted by Gasteiger charge is 2.24. The zero-order valence-electron chi connectivity index (χ0n) is 16.9. The SMILES string of the molecule is Cc1ccc(Cl)cc1Nc1nc(-c2sc(CC(=O)C(C)(C)C)nc2C)c(C)s1. The Morgan fingerprint density at radius 3 is 2.54 bits per heavy atom. The highest BCUT2D eigenvalue weighted by atomic mass is 35.5. The van der Waals surface area contributed by atoms with Crippen LogP contribution in [0.4, 0.5) is 10.8 Å². The highest BCUT2D eigenvalue weighted by Crippen LogP contribution is 2.38. The number of carbonyl (C=O) groups excluding carboxylic acids is 1. The molecular formula is C21H24ClN3OS2. The Morgan fingerprint density at radius 1 is 1.14 bits per heavy atom. The van der Waals surface area contributed by atoms with Gasteiger partial charge in [0.05, 0.1) is 22.7 Å². The van der Waals surface area contributed by atoms with E-state index in [9.17, 15) is 4.79 Å². The third kappa shape index (κ3) is 4.62. The molecule has 148 valence electrons. The molecule has 3 aromatic rings. The number of thiazole rings is 2. The predicted molar refractivity (Wildman–Crippen MR) is 120 cm³/mol. The number of halogens is 1. The van der Waals surface area contributed by atoms with Gasteiger partial charge in [-0.1, -0.05) is 38.4 Å². The predicted octanol–water partition coefficient (Wildman–Crippen LogP) is 6.75. The zero-order chi connectivity index (χ0) is 20.6. The van der Waals surface area contributed by atoms with Crippen molar-refractivity contribution < 1.29 is 4.79 Å². The van der Waals surface area contributed by atoms with E-state index in [1.807, 2.05) is 52.8 Å². The number of carbonyl (C=O) groups is 1. The molecule has 0 amide bonds. The maximum atomic E-state index is 12.4. The fraction of sp³-hybridized carbons (Fsp3) is 0.381. The van der Waals surface area contributed by atoms with Gasteiger partial charge in [0.1, 0.15) is 10.8 Å². The third-order valence-electron chi connectivity index (χ3n) is 4.44. The lowest BCUT2D eigenvalue weighted by atomic mass is 9.89. The summed E-state index contributed by atoms with van der Waals surface area (Å²) in [5.41, 5.74) is 3.54. The van der Waals surface area contributed by atoms with Gasteiger partial charge in [0.25, 0.3) is 0 Å². The molecule has 0 aliphatic heterocycles. The lowest BCUT2D eigenvalue weighted by Crippen LogP contribution is -2.21. The second kappa shape index (κ2) is 7.93. The highest BCUT2D eigenvalue weighted by molar-refractivity contribution is 7.18. The van der Waals surface area contributed by atoms with Gasteiger partial charge >= 0.3 is 0 Å². The molecule has 0 fully saturated rings. The third-order valence-corrected chi connectivity index (χ3v) is 6.73. The fourth-order valence-electron chi connectivity index (χ4n) is 2.65. The Kier molecular flexibility index (Phi) is 5.94. The van der Waals surface area contributed by atoms with Crippen molar-refractivity contribution in [2.75, 3.05) is 5.32 Å². The molecule has 4 nitrogen and oxygen atoms in total. The van der Waals surface area contributed by atoms with Crippen molar-refractivity contribution in [3.05, 3.63) is 44.4 Å². The zero-order valence-corrected chi connectivity index (χ0v) is 19.3. The monoisotopic (exact) mass is 433 g/mol. The van der Waals surface area contributed by atoms with Gasteiger partial charge in [-0.3, -0.25) is 4.79 Å². The van der Waals surface area contributed by atoms with E-state index in [4.69, 9.17) is 16.6 Å². The Labute approximate surface area is 179 Å². The number of nitrogens with one attached hydrogen (secondary N) is 1. The van der Waals surface area contributed by atoms with Crippen LogP contribution in [0.25, 0.3) is 10.6 Å². The molecule has 0 atom stereocenters. The first-order valence-corrected chi connectivity index (χ1v) is 11.1. The van der Waals surface area contributed by atoms with E-state index in [-0.39, 0.29) is 11.2 Å². The van der Waals surface area contributed by atoms with Crippen LogP contribution in [-0.2, 0) is 11.2 Å². The molecule has 0 saturated heterocycles. The average molecular weight is 434 g/mol. The number of anilines is 2. The summed E-state index contributed by atoms with van der Waals surface area (Å²) >= 11 is 9.28. The average Bonchev–Trinajstić information content (AvgIpc) is 3.12. The number of Topliss-reactive ketones (excluding diaryl/α,β-unsaturated/α-hetero) is 1. The number of rotatable bonds is 5. The number of ketones is 1. The molecule has 0 bridgehead atoms. The summed E-state index contributed by atoms with van der Waals surface area (Å²) < 4.78 is 0. The number of aryl methyl sites for hydroxylation is 3. The van der Waals surface area contributed by atoms with Crippen LogP contribution >= 0.6 is 34.3 Å². The molecule has 1 N–H and O–H groups in total. The topological polar surface area (TPSA) is 54.9 Å². The number of nitrogens with zero attached hydrogens (tertiary/aromatic N) is 2. The first-order valence-electron chi connectivity index (χ1n) is 9.05. The smallest absolute Gasteiger partial charge is 0.188 e. The molecule has 28 heavy (non-hydrogen) atoms. The first kappa shape index (κ1) is 21.0. The van der Waals surface area contributed by atoms with Crippen molar-refractivity contribution in [3.8, 4) is 10.6 Å². The molecule has 3 rings (SSSR count). The van der Waals surface area contributed by atoms with Crippen molar-refractivity contribution in [3.63, 3.8) is 0 Å². The molecule has 0 aliphatic rings. The summed E-state index contributed by atoms with van der Waals surface area (Å²) in [6.45, 7) is 11.9. The molecule has 0 spiro atoms. The van der Waals surface area contributed by atoms with Gasteiger partial charge < -0.3 is 5.32 Å². The summed E-state index contributed by atoms with van der Waals surface area (Å²) in [4.78, 5) is 23.9. The lowest BCUT2D eigenvalue weighted by molar-refractivity contribution is -0.125. The van der Waals surface area contributed by atoms with Gasteiger partial charge in [-0.15, -0.1) is 22.7 Å². The first-order chi connectivity index (χ1) is 13.0. The maximum Gasteiger partial charge on any atom is 0.188 e. The minimum Gasteiger partial charge on any atom is -0.331 e. The molecular weight excluding hydrogens is 410 g/mol. The summed E-state index contributed by atoms with van der Waals surface area (Å²) in [7, 11) is 0. The molecule has 1 aromatic carbocycles. The van der Waals surface area contributed by atoms with Crippen LogP contribution in [0, 0.1) is 26.2 Å². The van der Waals surface area contributed by atoms with Crippen molar-refractivity contribution in [1.29, 1.82) is 0 Å². The Hall–Kier alpha value is -1.76. The second-order valence-corrected chi connectivity index (χ2v) is 10.6. The van der Waals surface area contributed by atoms with E-state index in [1.165, 1.54) is 0 Å². The molecule has 0 aliphatic carbocycles. The van der Waals surface area contributed by atoms with Crippen molar-refractivity contribution in [2.24, 2.45) is 5.41 Å². The summed E-state index contributed by atoms with van der Waals surface area (Å²) in [6.07, 6.45) is 0.366. The van der Waals surface area contributed by atoms with Crippen LogP contribution < -0.4 is 5.32 Å². The maximum absolute atomic E-state index is 12.4. The minimum atomic E-state index is -0.359. The van der Waals surface area contributed by atoms with Crippen LogP contribution in [0.1, 0.15) is 41.9 Å². The summed E-state index contributed by atoms with van der Waals surface area (Å²) in [6, 6.07) is 5.76. The number of hydrogen-bond donors (Lipinski definition) is 1. The Bertz CT molecular complexity index is 1030. The Morgan fingerprint density at radius 2 is 1.86 bits per heavy atom. The van der Waals surface area contributed by atoms with E-state index in [0.29, 0.717) is 11.4 Å². The summed E-state index contributed by atoms with van der Waals surface area (Å²) in [5.74, 6) is 0.196. The number of hydrogen-bond acceptors (Lipinski definition) is 6. The molecule has 2 heterocycles. The molecule has 2 aromatic heterocycles. The number of aromatic nitrogens is 2. The molecule has 0 unspecified atom stereocenters. The van der Waals surface area contributed by atoms with Gasteiger partial charge in [0.2, 0.25) is 0 Å². The van der Waals surface area contributed by atoms with E-state index in [2.05, 4.69) is 17.2 Å². The van der Waals surface area contributed by atoms with Crippen LogP contribution in [0.2, 0.25) is 5.02 Å². The van der Waals surface area contributed by atoms with Crippen molar-refractivity contribution in [1.82, 2.24) is 9.97 Å². The molecule has 0 saturated carbocycles. The van der Waals surface area contributed by atoms with E-state index >= 15 is 0 Å². The van der Waals surface area contributed by atoms with Gasteiger partial charge in [0, 0.05) is 21.0 Å². The standard InChI is InChI=1S/C21H24ClN3OS2/c1-11-7-8-14(22)9-15(11)24-20-25-18(13(3)27-20)19-12(2)23-17(28-19)10-16(26)21(4,5)6/h7-9H,10H2,1-6H3,(H,24,25). The van der Waals surface area contributed by atoms with Gasteiger partial charge in [-0.2, -0.15) is 0 Å². The van der Waals surface area contributed by atoms with Crippen LogP contribution in [-0.4, -0.2) is 15.8 Å². The fourth-order valence-corrected chi connectivity index (χ4v) is 4.83. The summed E-state index contributed by atoms with van der Waals surface area (Å²) in [5, 5.41) is 5.73. The number of benzene rings is 1.